The summed E-state index contributed by atoms with van der Waals surface area (Å²) in [7, 11) is 0. The maximum absolute atomic E-state index is 11.4. The van der Waals surface area contributed by atoms with E-state index in [0.717, 1.165) is 31.4 Å². The zero-order valence-electron chi connectivity index (χ0n) is 9.53. The van der Waals surface area contributed by atoms with Gasteiger partial charge in [0.15, 0.2) is 0 Å². The van der Waals surface area contributed by atoms with Crippen molar-refractivity contribution in [3.63, 3.8) is 0 Å². The van der Waals surface area contributed by atoms with Crippen LogP contribution in [0.15, 0.2) is 24.3 Å². The third-order valence-electron chi connectivity index (χ3n) is 3.22. The van der Waals surface area contributed by atoms with Crippen LogP contribution in [0.1, 0.15) is 30.7 Å². The number of nitrogens with one attached hydrogen (secondary N) is 1. The molecule has 1 fully saturated rings. The lowest BCUT2D eigenvalue weighted by Gasteiger charge is -2.29. The van der Waals surface area contributed by atoms with Crippen molar-refractivity contribution in [3.8, 4) is 0 Å². The van der Waals surface area contributed by atoms with Gasteiger partial charge in [-0.15, -0.1) is 0 Å². The van der Waals surface area contributed by atoms with E-state index in [-0.39, 0.29) is 6.04 Å². The quantitative estimate of drug-likeness (QED) is 0.871. The van der Waals surface area contributed by atoms with Crippen molar-refractivity contribution in [1.29, 1.82) is 0 Å². The Bertz CT molecular complexity index is 402. The number of carboxylic acid groups (broad SMARTS) is 1. The van der Waals surface area contributed by atoms with E-state index >= 15 is 0 Å². The van der Waals surface area contributed by atoms with Crippen LogP contribution in [0.3, 0.4) is 0 Å². The average molecular weight is 254 g/mol. The Morgan fingerprint density at radius 1 is 1.47 bits per heavy atom. The Morgan fingerprint density at radius 3 is 2.88 bits per heavy atom. The fourth-order valence-electron chi connectivity index (χ4n) is 2.41. The van der Waals surface area contributed by atoms with Crippen molar-refractivity contribution >= 4 is 17.6 Å². The second-order valence-corrected chi connectivity index (χ2v) is 4.86. The van der Waals surface area contributed by atoms with Crippen LogP contribution in [0.2, 0.25) is 5.02 Å². The summed E-state index contributed by atoms with van der Waals surface area (Å²) in [6.45, 7) is 0.898. The number of benzene rings is 1. The summed E-state index contributed by atoms with van der Waals surface area (Å²) in [4.78, 5) is 11.4. The summed E-state index contributed by atoms with van der Waals surface area (Å²) in [5.41, 5.74) is 0.782. The average Bonchev–Trinajstić information content (AvgIpc) is 2.30. The molecule has 1 aliphatic heterocycles. The van der Waals surface area contributed by atoms with Crippen molar-refractivity contribution in [2.24, 2.45) is 0 Å². The van der Waals surface area contributed by atoms with Crippen LogP contribution in [-0.2, 0) is 4.79 Å². The van der Waals surface area contributed by atoms with Crippen LogP contribution in [0, 0.1) is 0 Å². The minimum Gasteiger partial charge on any atom is -0.481 e. The highest BCUT2D eigenvalue weighted by Crippen LogP contribution is 2.27. The van der Waals surface area contributed by atoms with Gasteiger partial charge < -0.3 is 10.4 Å². The van der Waals surface area contributed by atoms with Crippen molar-refractivity contribution in [3.05, 3.63) is 34.9 Å². The van der Waals surface area contributed by atoms with Crippen LogP contribution in [0.25, 0.3) is 0 Å². The van der Waals surface area contributed by atoms with E-state index in [0.29, 0.717) is 5.02 Å². The van der Waals surface area contributed by atoms with E-state index < -0.39 is 11.9 Å². The van der Waals surface area contributed by atoms with Gasteiger partial charge in [0.1, 0.15) is 0 Å². The summed E-state index contributed by atoms with van der Waals surface area (Å²) in [6, 6.07) is 7.16. The van der Waals surface area contributed by atoms with Gasteiger partial charge in [-0.05, 0) is 37.1 Å². The van der Waals surface area contributed by atoms with Gasteiger partial charge in [0, 0.05) is 11.1 Å². The maximum Gasteiger partial charge on any atom is 0.312 e. The summed E-state index contributed by atoms with van der Waals surface area (Å²) in [5.74, 6) is -1.29. The molecule has 2 atom stereocenters. The minimum absolute atomic E-state index is 0.0136. The van der Waals surface area contributed by atoms with E-state index in [1.165, 1.54) is 0 Å². The predicted molar refractivity (Wildman–Crippen MR) is 67.5 cm³/mol. The van der Waals surface area contributed by atoms with Crippen LogP contribution in [0.5, 0.6) is 0 Å². The van der Waals surface area contributed by atoms with Crippen LogP contribution in [-0.4, -0.2) is 23.7 Å². The highest BCUT2D eigenvalue weighted by Gasteiger charge is 2.30. The molecule has 0 radical (unpaired) electrons. The minimum atomic E-state index is -0.785. The number of piperidine rings is 1. The molecule has 4 heteroatoms. The molecule has 3 nitrogen and oxygen atoms in total. The second-order valence-electron chi connectivity index (χ2n) is 4.43. The fourth-order valence-corrected chi connectivity index (χ4v) is 2.61. The lowest BCUT2D eigenvalue weighted by molar-refractivity contribution is -0.139. The van der Waals surface area contributed by atoms with Gasteiger partial charge in [-0.25, -0.2) is 0 Å². The molecule has 2 N–H and O–H groups in total. The molecule has 0 aromatic heterocycles. The maximum atomic E-state index is 11.4. The van der Waals surface area contributed by atoms with E-state index in [4.69, 9.17) is 11.6 Å². The standard InChI is InChI=1S/C13H16ClNO2/c14-10-5-3-4-9(8-10)12(13(16)17)11-6-1-2-7-15-11/h3-5,8,11-12,15H,1-2,6-7H2,(H,16,17)/t11-,12-/m1/s1. The SMILES string of the molecule is O=C(O)[C@H](c1cccc(Cl)c1)[C@H]1CCCCN1. The molecule has 0 spiro atoms. The molecule has 1 aliphatic rings. The highest BCUT2D eigenvalue weighted by atomic mass is 35.5. The lowest BCUT2D eigenvalue weighted by Crippen LogP contribution is -2.41. The Morgan fingerprint density at radius 2 is 2.29 bits per heavy atom. The number of halogens is 1. The Labute approximate surface area is 106 Å². The Kier molecular flexibility index (Phi) is 4.02. The first kappa shape index (κ1) is 12.4. The number of rotatable bonds is 3. The third-order valence-corrected chi connectivity index (χ3v) is 3.46. The van der Waals surface area contributed by atoms with Gasteiger partial charge in [-0.1, -0.05) is 30.2 Å². The van der Waals surface area contributed by atoms with Gasteiger partial charge >= 0.3 is 5.97 Å². The Hall–Kier alpha value is -1.06. The monoisotopic (exact) mass is 253 g/mol. The highest BCUT2D eigenvalue weighted by molar-refractivity contribution is 6.30. The van der Waals surface area contributed by atoms with E-state index in [1.54, 1.807) is 18.2 Å². The number of carboxylic acids is 1. The second kappa shape index (κ2) is 5.52. The van der Waals surface area contributed by atoms with Gasteiger partial charge in [-0.2, -0.15) is 0 Å². The number of carbonyl (C=O) groups is 1. The molecule has 17 heavy (non-hydrogen) atoms. The lowest BCUT2D eigenvalue weighted by atomic mass is 9.86. The zero-order valence-corrected chi connectivity index (χ0v) is 10.3. The van der Waals surface area contributed by atoms with Crippen molar-refractivity contribution in [2.45, 2.75) is 31.2 Å². The number of aliphatic carboxylic acids is 1. The normalized spacial score (nSPS) is 22.1. The molecule has 0 aliphatic carbocycles. The van der Waals surface area contributed by atoms with Gasteiger partial charge in [-0.3, -0.25) is 4.79 Å². The first-order valence-electron chi connectivity index (χ1n) is 5.90. The first-order chi connectivity index (χ1) is 8.18. The van der Waals surface area contributed by atoms with Crippen molar-refractivity contribution in [2.75, 3.05) is 6.54 Å². The first-order valence-corrected chi connectivity index (χ1v) is 6.28. The summed E-state index contributed by atoms with van der Waals surface area (Å²) >= 11 is 5.92. The Balaban J connectivity index is 2.25. The molecule has 0 saturated carbocycles. The van der Waals surface area contributed by atoms with Gasteiger partial charge in [0.25, 0.3) is 0 Å². The van der Waals surface area contributed by atoms with E-state index in [2.05, 4.69) is 5.32 Å². The molecule has 92 valence electrons. The summed E-state index contributed by atoms with van der Waals surface area (Å²) in [5, 5.41) is 13.3. The smallest absolute Gasteiger partial charge is 0.312 e. The summed E-state index contributed by atoms with van der Waals surface area (Å²) in [6.07, 6.45) is 3.11. The molecule has 0 unspecified atom stereocenters. The third kappa shape index (κ3) is 2.99. The zero-order chi connectivity index (χ0) is 12.3. The van der Waals surface area contributed by atoms with Crippen LogP contribution < -0.4 is 5.32 Å². The van der Waals surface area contributed by atoms with Crippen LogP contribution in [0.4, 0.5) is 0 Å². The molecule has 1 aromatic rings. The van der Waals surface area contributed by atoms with E-state index in [1.807, 2.05) is 6.07 Å². The number of hydrogen-bond donors (Lipinski definition) is 2. The van der Waals surface area contributed by atoms with Crippen molar-refractivity contribution < 1.29 is 9.90 Å². The van der Waals surface area contributed by atoms with Gasteiger partial charge in [0.05, 0.1) is 5.92 Å². The van der Waals surface area contributed by atoms with Crippen molar-refractivity contribution in [1.82, 2.24) is 5.32 Å². The molecule has 1 aromatic carbocycles. The summed E-state index contributed by atoms with van der Waals surface area (Å²) < 4.78 is 0. The molecular formula is C13H16ClNO2. The number of hydrogen-bond acceptors (Lipinski definition) is 2. The molecule has 1 saturated heterocycles. The molecule has 2 rings (SSSR count). The van der Waals surface area contributed by atoms with E-state index in [9.17, 15) is 9.90 Å². The van der Waals surface area contributed by atoms with Crippen LogP contribution >= 0.6 is 11.6 Å². The molecule has 1 heterocycles. The molecule has 0 amide bonds. The topological polar surface area (TPSA) is 49.3 Å². The fraction of sp³-hybridized carbons (Fsp3) is 0.462. The molecular weight excluding hydrogens is 238 g/mol. The molecule has 0 bridgehead atoms. The largest absolute Gasteiger partial charge is 0.481 e. The van der Waals surface area contributed by atoms with Gasteiger partial charge in [0.2, 0.25) is 0 Å². The predicted octanol–water partition coefficient (Wildman–Crippen LogP) is 2.65.